The number of hydrogen-bond acceptors (Lipinski definition) is 6. The molecule has 0 N–H and O–H groups in total. The number of fused-ring (bicyclic) bond motifs is 1. The molecule has 0 radical (unpaired) electrons. The minimum absolute atomic E-state index is 0.140. The highest BCUT2D eigenvalue weighted by atomic mass is 32.1. The van der Waals surface area contributed by atoms with Crippen LogP contribution in [0.4, 0.5) is 10.1 Å². The van der Waals surface area contributed by atoms with Gasteiger partial charge in [0.1, 0.15) is 5.75 Å². The van der Waals surface area contributed by atoms with Crippen LogP contribution in [0.2, 0.25) is 0 Å². The fourth-order valence-electron chi connectivity index (χ4n) is 1.88. The lowest BCUT2D eigenvalue weighted by molar-refractivity contribution is -0.385. The molecular weight excluding hydrogens is 311 g/mol. The normalized spacial score (nSPS) is 10.6. The van der Waals surface area contributed by atoms with Crippen LogP contribution in [0, 0.1) is 15.9 Å². The zero-order valence-electron chi connectivity index (χ0n) is 10.9. The van der Waals surface area contributed by atoms with Crippen LogP contribution in [0.5, 0.6) is 11.5 Å². The molecule has 3 aromatic rings. The van der Waals surface area contributed by atoms with Crippen LogP contribution in [0.3, 0.4) is 0 Å². The largest absolute Gasteiger partial charge is 0.453 e. The van der Waals surface area contributed by atoms with Crippen molar-refractivity contribution in [3.05, 3.63) is 57.3 Å². The number of aromatic nitrogens is 1. The molecule has 2 heterocycles. The average Bonchev–Trinajstić information content (AvgIpc) is 2.93. The quantitative estimate of drug-likeness (QED) is 0.413. The van der Waals surface area contributed by atoms with Crippen molar-refractivity contribution in [2.75, 3.05) is 0 Å². The molecule has 22 heavy (non-hydrogen) atoms. The van der Waals surface area contributed by atoms with Crippen LogP contribution in [0.15, 0.2) is 36.5 Å². The van der Waals surface area contributed by atoms with Gasteiger partial charge >= 0.3 is 0 Å². The number of rotatable bonds is 4. The van der Waals surface area contributed by atoms with Crippen molar-refractivity contribution in [2.45, 2.75) is 0 Å². The zero-order chi connectivity index (χ0) is 15.7. The van der Waals surface area contributed by atoms with Gasteiger partial charge in [0.2, 0.25) is 0 Å². The molecule has 8 heteroatoms. The van der Waals surface area contributed by atoms with Gasteiger partial charge in [0.05, 0.1) is 26.1 Å². The molecule has 110 valence electrons. The molecule has 0 fully saturated rings. The molecule has 2 aromatic heterocycles. The number of aldehydes is 1. The van der Waals surface area contributed by atoms with Crippen molar-refractivity contribution in [2.24, 2.45) is 0 Å². The van der Waals surface area contributed by atoms with Gasteiger partial charge in [-0.2, -0.15) is 0 Å². The van der Waals surface area contributed by atoms with Crippen LogP contribution >= 0.6 is 11.3 Å². The summed E-state index contributed by atoms with van der Waals surface area (Å²) in [6, 6.07) is 6.27. The molecule has 0 bridgehead atoms. The van der Waals surface area contributed by atoms with Gasteiger partial charge in [-0.3, -0.25) is 19.9 Å². The third-order valence-corrected chi connectivity index (χ3v) is 3.92. The van der Waals surface area contributed by atoms with E-state index in [9.17, 15) is 19.3 Å². The lowest BCUT2D eigenvalue weighted by Crippen LogP contribution is -1.92. The Balaban J connectivity index is 2.01. The summed E-state index contributed by atoms with van der Waals surface area (Å²) in [4.78, 5) is 25.3. The van der Waals surface area contributed by atoms with E-state index in [0.29, 0.717) is 27.1 Å². The Kier molecular flexibility index (Phi) is 3.51. The summed E-state index contributed by atoms with van der Waals surface area (Å²) in [7, 11) is 0. The first-order valence-corrected chi connectivity index (χ1v) is 6.85. The topological polar surface area (TPSA) is 82.3 Å². The number of non-ortho nitro benzene ring substituents is 1. The Bertz CT molecular complexity index is 894. The van der Waals surface area contributed by atoms with E-state index >= 15 is 0 Å². The van der Waals surface area contributed by atoms with Crippen LogP contribution in [0.25, 0.3) is 10.2 Å². The Morgan fingerprint density at radius 3 is 2.77 bits per heavy atom. The second-order valence-corrected chi connectivity index (χ2v) is 5.35. The van der Waals surface area contributed by atoms with Crippen molar-refractivity contribution in [1.82, 2.24) is 4.98 Å². The maximum atomic E-state index is 13.9. The lowest BCUT2D eigenvalue weighted by Gasteiger charge is -2.07. The van der Waals surface area contributed by atoms with Crippen molar-refractivity contribution in [3.63, 3.8) is 0 Å². The van der Waals surface area contributed by atoms with E-state index in [2.05, 4.69) is 4.98 Å². The number of nitrogens with zero attached hydrogens (tertiary/aromatic N) is 2. The van der Waals surface area contributed by atoms with Crippen LogP contribution in [-0.2, 0) is 0 Å². The fourth-order valence-corrected chi connectivity index (χ4v) is 2.76. The molecule has 0 saturated heterocycles. The molecule has 0 unspecified atom stereocenters. The van der Waals surface area contributed by atoms with E-state index in [1.54, 1.807) is 6.07 Å². The van der Waals surface area contributed by atoms with Crippen LogP contribution < -0.4 is 4.74 Å². The Labute approximate surface area is 126 Å². The standard InChI is InChI=1S/C14H7FN2O4S/c15-10-5-8(17(19)20)1-2-12(10)21-13-3-4-16-11-6-9(7-18)22-14(11)13/h1-7H. The molecule has 0 aliphatic rings. The number of nitro groups is 1. The Morgan fingerprint density at radius 2 is 2.09 bits per heavy atom. The summed E-state index contributed by atoms with van der Waals surface area (Å²) >= 11 is 1.17. The van der Waals surface area contributed by atoms with Crippen molar-refractivity contribution >= 4 is 33.5 Å². The number of carbonyl (C=O) groups excluding carboxylic acids is 1. The van der Waals surface area contributed by atoms with Gasteiger partial charge in [0, 0.05) is 18.3 Å². The fraction of sp³-hybridized carbons (Fsp3) is 0. The van der Waals surface area contributed by atoms with Gasteiger partial charge in [0.25, 0.3) is 5.69 Å². The van der Waals surface area contributed by atoms with E-state index in [1.165, 1.54) is 29.7 Å². The number of hydrogen-bond donors (Lipinski definition) is 0. The van der Waals surface area contributed by atoms with Gasteiger partial charge in [0.15, 0.2) is 17.9 Å². The highest BCUT2D eigenvalue weighted by Crippen LogP contribution is 2.35. The second kappa shape index (κ2) is 5.49. The molecule has 0 aliphatic heterocycles. The minimum Gasteiger partial charge on any atom is -0.453 e. The first kappa shape index (κ1) is 14.1. The summed E-state index contributed by atoms with van der Waals surface area (Å²) in [5.41, 5.74) is 0.205. The third kappa shape index (κ3) is 2.51. The third-order valence-electron chi connectivity index (χ3n) is 2.86. The first-order chi connectivity index (χ1) is 10.6. The molecular formula is C14H7FN2O4S. The van der Waals surface area contributed by atoms with Gasteiger partial charge in [-0.05, 0) is 12.1 Å². The maximum absolute atomic E-state index is 13.9. The molecule has 0 spiro atoms. The maximum Gasteiger partial charge on any atom is 0.272 e. The van der Waals surface area contributed by atoms with Crippen LogP contribution in [-0.4, -0.2) is 16.2 Å². The van der Waals surface area contributed by atoms with Gasteiger partial charge in [-0.25, -0.2) is 4.39 Å². The SMILES string of the molecule is O=Cc1cc2nccc(Oc3ccc([N+](=O)[O-])cc3F)c2s1. The summed E-state index contributed by atoms with van der Waals surface area (Å²) in [5, 5.41) is 10.6. The number of ether oxygens (including phenoxy) is 1. The highest BCUT2D eigenvalue weighted by Gasteiger charge is 2.14. The second-order valence-electron chi connectivity index (χ2n) is 4.26. The lowest BCUT2D eigenvalue weighted by atomic mass is 10.3. The van der Waals surface area contributed by atoms with E-state index in [0.717, 1.165) is 12.1 Å². The Morgan fingerprint density at radius 1 is 1.27 bits per heavy atom. The van der Waals surface area contributed by atoms with Crippen molar-refractivity contribution in [1.29, 1.82) is 0 Å². The van der Waals surface area contributed by atoms with E-state index in [-0.39, 0.29) is 11.4 Å². The molecule has 0 amide bonds. The molecule has 6 nitrogen and oxygen atoms in total. The predicted octanol–water partition coefficient (Wildman–Crippen LogP) is 3.95. The predicted molar refractivity (Wildman–Crippen MR) is 78.1 cm³/mol. The minimum atomic E-state index is -0.841. The highest BCUT2D eigenvalue weighted by molar-refractivity contribution is 7.20. The first-order valence-electron chi connectivity index (χ1n) is 6.04. The van der Waals surface area contributed by atoms with Gasteiger partial charge < -0.3 is 4.74 Å². The average molecular weight is 318 g/mol. The number of carbonyl (C=O) groups is 1. The number of benzene rings is 1. The van der Waals surface area contributed by atoms with Crippen LogP contribution in [0.1, 0.15) is 9.67 Å². The summed E-state index contributed by atoms with van der Waals surface area (Å²) in [5.74, 6) is -0.652. The summed E-state index contributed by atoms with van der Waals surface area (Å²) in [6.07, 6.45) is 2.17. The summed E-state index contributed by atoms with van der Waals surface area (Å²) < 4.78 is 19.9. The molecule has 1 aromatic carbocycles. The monoisotopic (exact) mass is 318 g/mol. The smallest absolute Gasteiger partial charge is 0.272 e. The van der Waals surface area contributed by atoms with Crippen molar-refractivity contribution < 1.29 is 18.8 Å². The Hall–Kier alpha value is -2.87. The molecule has 0 saturated carbocycles. The van der Waals surface area contributed by atoms with Gasteiger partial charge in [-0.15, -0.1) is 11.3 Å². The number of nitro benzene ring substituents is 1. The number of thiophene rings is 1. The number of halogens is 1. The molecule has 3 rings (SSSR count). The van der Waals surface area contributed by atoms with Gasteiger partial charge in [-0.1, -0.05) is 0 Å². The van der Waals surface area contributed by atoms with Crippen molar-refractivity contribution in [3.8, 4) is 11.5 Å². The zero-order valence-corrected chi connectivity index (χ0v) is 11.7. The van der Waals surface area contributed by atoms with E-state index in [4.69, 9.17) is 4.74 Å². The van der Waals surface area contributed by atoms with E-state index < -0.39 is 10.7 Å². The number of pyridine rings is 1. The van der Waals surface area contributed by atoms with E-state index in [1.807, 2.05) is 0 Å². The molecule has 0 aliphatic carbocycles. The summed E-state index contributed by atoms with van der Waals surface area (Å²) in [6.45, 7) is 0. The molecule has 0 atom stereocenters.